The molecule has 27 heavy (non-hydrogen) atoms. The third-order valence-corrected chi connectivity index (χ3v) is 4.56. The molecule has 0 saturated heterocycles. The lowest BCUT2D eigenvalue weighted by Gasteiger charge is -2.08. The Morgan fingerprint density at radius 2 is 1.67 bits per heavy atom. The molecule has 0 aliphatic carbocycles. The smallest absolute Gasteiger partial charge is 0.446 e. The van der Waals surface area contributed by atoms with Crippen molar-refractivity contribution in [3.8, 4) is 5.75 Å². The van der Waals surface area contributed by atoms with Gasteiger partial charge in [-0.15, -0.1) is 0 Å². The largest absolute Gasteiger partial charge is 0.489 e. The van der Waals surface area contributed by atoms with Gasteiger partial charge >= 0.3 is 5.51 Å². The topological polar surface area (TPSA) is 21.6 Å². The summed E-state index contributed by atoms with van der Waals surface area (Å²) in [7, 11) is 0. The molecule has 0 heterocycles. The maximum atomic E-state index is 12.3. The fourth-order valence-corrected chi connectivity index (χ4v) is 2.94. The first-order valence-electron chi connectivity index (χ1n) is 9.03. The number of unbranched alkanes of at least 4 members (excludes halogenated alkanes) is 3. The highest BCUT2D eigenvalue weighted by atomic mass is 32.2. The summed E-state index contributed by atoms with van der Waals surface area (Å²) < 4.78 is 42.6. The van der Waals surface area contributed by atoms with Gasteiger partial charge in [0.1, 0.15) is 12.4 Å². The normalized spacial score (nSPS) is 11.9. The predicted octanol–water partition coefficient (Wildman–Crippen LogP) is 6.88. The van der Waals surface area contributed by atoms with Crippen LogP contribution in [0.2, 0.25) is 0 Å². The van der Waals surface area contributed by atoms with Crippen molar-refractivity contribution in [2.45, 2.75) is 49.6 Å². The lowest BCUT2D eigenvalue weighted by Crippen LogP contribution is -1.99. The minimum atomic E-state index is -4.27. The van der Waals surface area contributed by atoms with Gasteiger partial charge in [0.25, 0.3) is 0 Å². The van der Waals surface area contributed by atoms with Crippen LogP contribution in [0.15, 0.2) is 58.4 Å². The average molecular weight is 395 g/mol. The first-order valence-corrected chi connectivity index (χ1v) is 9.85. The van der Waals surface area contributed by atoms with Crippen molar-refractivity contribution >= 4 is 18.0 Å². The van der Waals surface area contributed by atoms with E-state index in [2.05, 4.69) is 11.9 Å². The summed E-state index contributed by atoms with van der Waals surface area (Å²) in [5, 5.41) is 0. The Bertz CT molecular complexity index is 697. The SMILES string of the molecule is CCCCCCN=Cc1ccc(OCc2ccc(SC(F)(F)F)cc2)cc1. The summed E-state index contributed by atoms with van der Waals surface area (Å²) in [5.74, 6) is 0.712. The molecule has 0 unspecified atom stereocenters. The van der Waals surface area contributed by atoms with Crippen molar-refractivity contribution in [3.63, 3.8) is 0 Å². The van der Waals surface area contributed by atoms with E-state index < -0.39 is 5.51 Å². The molecule has 0 amide bonds. The predicted molar refractivity (Wildman–Crippen MR) is 106 cm³/mol. The molecule has 2 aromatic rings. The number of hydrogen-bond acceptors (Lipinski definition) is 3. The van der Waals surface area contributed by atoms with Crippen LogP contribution in [0.1, 0.15) is 43.7 Å². The van der Waals surface area contributed by atoms with E-state index in [-0.39, 0.29) is 16.7 Å². The number of hydrogen-bond donors (Lipinski definition) is 0. The standard InChI is InChI=1S/C21H24F3NOS/c1-2-3-4-5-14-25-15-17-6-10-19(11-7-17)26-16-18-8-12-20(13-9-18)27-21(22,23)24/h6-13,15H,2-5,14,16H2,1H3. The van der Waals surface area contributed by atoms with E-state index in [9.17, 15) is 13.2 Å². The van der Waals surface area contributed by atoms with Gasteiger partial charge in [-0.3, -0.25) is 4.99 Å². The van der Waals surface area contributed by atoms with Gasteiger partial charge in [0.15, 0.2) is 0 Å². The molecule has 0 aliphatic heterocycles. The molecule has 0 atom stereocenters. The quantitative estimate of drug-likeness (QED) is 0.248. The van der Waals surface area contributed by atoms with Gasteiger partial charge in [0.2, 0.25) is 0 Å². The second-order valence-electron chi connectivity index (χ2n) is 6.15. The first kappa shape index (κ1) is 21.4. The molecule has 2 nitrogen and oxygen atoms in total. The Hall–Kier alpha value is -1.95. The fourth-order valence-electron chi connectivity index (χ4n) is 2.40. The van der Waals surface area contributed by atoms with Gasteiger partial charge in [0, 0.05) is 17.7 Å². The molecular formula is C21H24F3NOS. The van der Waals surface area contributed by atoms with Crippen LogP contribution in [0, 0.1) is 0 Å². The van der Waals surface area contributed by atoms with Crippen LogP contribution in [0.25, 0.3) is 0 Å². The Balaban J connectivity index is 1.77. The van der Waals surface area contributed by atoms with Crippen molar-refractivity contribution in [1.29, 1.82) is 0 Å². The molecule has 0 fully saturated rings. The number of ether oxygens (including phenoxy) is 1. The van der Waals surface area contributed by atoms with Crippen molar-refractivity contribution in [1.82, 2.24) is 0 Å². The molecule has 0 aromatic heterocycles. The fraction of sp³-hybridized carbons (Fsp3) is 0.381. The van der Waals surface area contributed by atoms with Gasteiger partial charge < -0.3 is 4.74 Å². The minimum Gasteiger partial charge on any atom is -0.489 e. The summed E-state index contributed by atoms with van der Waals surface area (Å²) in [5.41, 5.74) is -2.43. The highest BCUT2D eigenvalue weighted by Gasteiger charge is 2.28. The lowest BCUT2D eigenvalue weighted by atomic mass is 10.2. The molecule has 2 rings (SSSR count). The number of aliphatic imine (C=N–C) groups is 1. The van der Waals surface area contributed by atoms with E-state index in [0.717, 1.165) is 24.1 Å². The first-order chi connectivity index (χ1) is 13.0. The number of alkyl halides is 3. The Morgan fingerprint density at radius 1 is 0.963 bits per heavy atom. The van der Waals surface area contributed by atoms with Crippen LogP contribution < -0.4 is 4.74 Å². The van der Waals surface area contributed by atoms with Crippen LogP contribution in [0.3, 0.4) is 0 Å². The number of nitrogens with zero attached hydrogens (tertiary/aromatic N) is 1. The molecular weight excluding hydrogens is 371 g/mol. The Morgan fingerprint density at radius 3 is 2.30 bits per heavy atom. The van der Waals surface area contributed by atoms with E-state index in [1.165, 1.54) is 31.4 Å². The van der Waals surface area contributed by atoms with Gasteiger partial charge in [-0.05, 0) is 65.7 Å². The third kappa shape index (κ3) is 9.00. The summed E-state index contributed by atoms with van der Waals surface area (Å²) in [6.45, 7) is 3.34. The maximum absolute atomic E-state index is 12.3. The summed E-state index contributed by atoms with van der Waals surface area (Å²) in [6, 6.07) is 13.8. The van der Waals surface area contributed by atoms with Crippen LogP contribution >= 0.6 is 11.8 Å². The molecule has 6 heteroatoms. The zero-order valence-electron chi connectivity index (χ0n) is 15.3. The molecule has 0 bridgehead atoms. The van der Waals surface area contributed by atoms with E-state index in [1.54, 1.807) is 12.1 Å². The average Bonchev–Trinajstić information content (AvgIpc) is 2.64. The molecule has 0 aliphatic rings. The Kier molecular flexibility index (Phi) is 8.72. The number of rotatable bonds is 10. The van der Waals surface area contributed by atoms with Crippen molar-refractivity contribution < 1.29 is 17.9 Å². The monoisotopic (exact) mass is 395 g/mol. The zero-order valence-corrected chi connectivity index (χ0v) is 16.2. The van der Waals surface area contributed by atoms with E-state index >= 15 is 0 Å². The van der Waals surface area contributed by atoms with Gasteiger partial charge in [-0.25, -0.2) is 0 Å². The van der Waals surface area contributed by atoms with Gasteiger partial charge in [-0.1, -0.05) is 38.3 Å². The van der Waals surface area contributed by atoms with Crippen LogP contribution in [0.5, 0.6) is 5.75 Å². The molecule has 0 radical (unpaired) electrons. The number of halogens is 3. The summed E-state index contributed by atoms with van der Waals surface area (Å²) in [4.78, 5) is 4.59. The van der Waals surface area contributed by atoms with Crippen molar-refractivity contribution in [2.75, 3.05) is 6.54 Å². The maximum Gasteiger partial charge on any atom is 0.446 e. The summed E-state index contributed by atoms with van der Waals surface area (Å²) >= 11 is -0.116. The Labute approximate surface area is 162 Å². The molecule has 0 spiro atoms. The third-order valence-electron chi connectivity index (χ3n) is 3.82. The lowest BCUT2D eigenvalue weighted by molar-refractivity contribution is -0.0328. The zero-order chi connectivity index (χ0) is 19.5. The van der Waals surface area contributed by atoms with E-state index in [0.29, 0.717) is 12.4 Å². The molecule has 2 aromatic carbocycles. The molecule has 0 N–H and O–H groups in total. The molecule has 146 valence electrons. The second-order valence-corrected chi connectivity index (χ2v) is 7.28. The molecule has 0 saturated carbocycles. The van der Waals surface area contributed by atoms with Gasteiger partial charge in [0.05, 0.1) is 0 Å². The van der Waals surface area contributed by atoms with Crippen molar-refractivity contribution in [2.24, 2.45) is 4.99 Å². The highest BCUT2D eigenvalue weighted by molar-refractivity contribution is 8.00. The second kappa shape index (κ2) is 11.0. The van der Waals surface area contributed by atoms with Crippen molar-refractivity contribution in [3.05, 3.63) is 59.7 Å². The van der Waals surface area contributed by atoms with Crippen LogP contribution in [-0.2, 0) is 6.61 Å². The van der Waals surface area contributed by atoms with E-state index in [4.69, 9.17) is 4.74 Å². The highest BCUT2D eigenvalue weighted by Crippen LogP contribution is 2.36. The van der Waals surface area contributed by atoms with Crippen LogP contribution in [-0.4, -0.2) is 18.3 Å². The van der Waals surface area contributed by atoms with Gasteiger partial charge in [-0.2, -0.15) is 13.2 Å². The minimum absolute atomic E-state index is 0.116. The van der Waals surface area contributed by atoms with E-state index in [1.807, 2.05) is 30.5 Å². The summed E-state index contributed by atoms with van der Waals surface area (Å²) in [6.07, 6.45) is 6.68. The number of thioether (sulfide) groups is 1. The van der Waals surface area contributed by atoms with Crippen LogP contribution in [0.4, 0.5) is 13.2 Å². The number of benzene rings is 2.